The number of nitrogens with zero attached hydrogens (tertiary/aromatic N) is 3. The van der Waals surface area contributed by atoms with Gasteiger partial charge in [-0.15, -0.1) is 0 Å². The van der Waals surface area contributed by atoms with Crippen molar-refractivity contribution in [1.82, 2.24) is 15.5 Å². The first-order valence-electron chi connectivity index (χ1n) is 11.1. The predicted octanol–water partition coefficient (Wildman–Crippen LogP) is 3.08. The molecule has 1 unspecified atom stereocenters. The highest BCUT2D eigenvalue weighted by atomic mass is 16.6. The zero-order chi connectivity index (χ0) is 21.6. The Morgan fingerprint density at radius 3 is 2.47 bits per heavy atom. The lowest BCUT2D eigenvalue weighted by Crippen LogP contribution is -2.48. The molecule has 7 heteroatoms. The van der Waals surface area contributed by atoms with Crippen LogP contribution in [-0.4, -0.2) is 68.4 Å². The maximum absolute atomic E-state index is 12.2. The highest BCUT2D eigenvalue weighted by molar-refractivity contribution is 5.80. The fourth-order valence-corrected chi connectivity index (χ4v) is 4.03. The number of rotatable bonds is 4. The molecule has 2 saturated heterocycles. The lowest BCUT2D eigenvalue weighted by Gasteiger charge is -2.33. The van der Waals surface area contributed by atoms with Crippen LogP contribution >= 0.6 is 0 Å². The summed E-state index contributed by atoms with van der Waals surface area (Å²) in [5.41, 5.74) is 0.839. The molecule has 0 spiro atoms. The first kappa shape index (κ1) is 22.2. The van der Waals surface area contributed by atoms with Crippen LogP contribution in [0.3, 0.4) is 0 Å². The van der Waals surface area contributed by atoms with Gasteiger partial charge in [0, 0.05) is 51.5 Å². The summed E-state index contributed by atoms with van der Waals surface area (Å²) >= 11 is 0. The second-order valence-electron chi connectivity index (χ2n) is 9.28. The van der Waals surface area contributed by atoms with Crippen LogP contribution in [-0.2, 0) is 4.74 Å². The fourth-order valence-electron chi connectivity index (χ4n) is 4.03. The minimum atomic E-state index is -0.440. The van der Waals surface area contributed by atoms with E-state index in [1.807, 2.05) is 32.7 Å². The Bertz CT molecular complexity index is 708. The van der Waals surface area contributed by atoms with E-state index in [-0.39, 0.29) is 6.09 Å². The lowest BCUT2D eigenvalue weighted by molar-refractivity contribution is 0.0185. The van der Waals surface area contributed by atoms with Crippen LogP contribution < -0.4 is 15.5 Å². The Hall–Kier alpha value is -2.44. The molecule has 0 aliphatic carbocycles. The van der Waals surface area contributed by atoms with E-state index >= 15 is 0 Å². The summed E-state index contributed by atoms with van der Waals surface area (Å²) in [6.07, 6.45) is 2.86. The minimum absolute atomic E-state index is 0.199. The molecule has 1 amide bonds. The Labute approximate surface area is 180 Å². The van der Waals surface area contributed by atoms with Crippen LogP contribution in [0.2, 0.25) is 0 Å². The topological polar surface area (TPSA) is 69.2 Å². The number of aliphatic imine (C=N–C) groups is 1. The van der Waals surface area contributed by atoms with Gasteiger partial charge in [-0.05, 0) is 58.1 Å². The third-order valence-electron chi connectivity index (χ3n) is 5.70. The second kappa shape index (κ2) is 10.0. The summed E-state index contributed by atoms with van der Waals surface area (Å²) in [6.45, 7) is 10.1. The molecule has 0 aromatic heterocycles. The van der Waals surface area contributed by atoms with Crippen LogP contribution in [0.5, 0.6) is 0 Å². The average molecular weight is 416 g/mol. The molecule has 0 bridgehead atoms. The Morgan fingerprint density at radius 2 is 1.83 bits per heavy atom. The van der Waals surface area contributed by atoms with E-state index in [0.717, 1.165) is 57.9 Å². The van der Waals surface area contributed by atoms with Gasteiger partial charge in [0.1, 0.15) is 5.60 Å². The second-order valence-corrected chi connectivity index (χ2v) is 9.28. The van der Waals surface area contributed by atoms with Crippen molar-refractivity contribution in [2.45, 2.75) is 51.7 Å². The molecule has 30 heavy (non-hydrogen) atoms. The maximum Gasteiger partial charge on any atom is 0.410 e. The molecule has 1 aromatic rings. The molecule has 1 atom stereocenters. The fraction of sp³-hybridized carbons (Fsp3) is 0.652. The molecular weight excluding hydrogens is 378 g/mol. The summed E-state index contributed by atoms with van der Waals surface area (Å²) in [5.74, 6) is 1.40. The molecule has 2 aliphatic heterocycles. The first-order chi connectivity index (χ1) is 14.3. The third-order valence-corrected chi connectivity index (χ3v) is 5.70. The van der Waals surface area contributed by atoms with Crippen LogP contribution in [0.25, 0.3) is 0 Å². The van der Waals surface area contributed by atoms with Gasteiger partial charge in [-0.1, -0.05) is 18.2 Å². The molecule has 0 saturated carbocycles. The van der Waals surface area contributed by atoms with Crippen molar-refractivity contribution in [2.24, 2.45) is 10.9 Å². The number of ether oxygens (including phenoxy) is 1. The van der Waals surface area contributed by atoms with Gasteiger partial charge < -0.3 is 25.2 Å². The molecule has 3 rings (SSSR count). The van der Waals surface area contributed by atoms with Gasteiger partial charge in [-0.2, -0.15) is 0 Å². The summed E-state index contributed by atoms with van der Waals surface area (Å²) in [7, 11) is 1.82. The smallest absolute Gasteiger partial charge is 0.410 e. The van der Waals surface area contributed by atoms with Crippen molar-refractivity contribution in [3.05, 3.63) is 30.3 Å². The van der Waals surface area contributed by atoms with Gasteiger partial charge in [0.2, 0.25) is 0 Å². The minimum Gasteiger partial charge on any atom is -0.444 e. The monoisotopic (exact) mass is 415 g/mol. The quantitative estimate of drug-likeness (QED) is 0.584. The number of carbonyl (C=O) groups excluding carboxylic acids is 1. The van der Waals surface area contributed by atoms with Crippen molar-refractivity contribution in [3.63, 3.8) is 0 Å². The molecule has 2 aliphatic rings. The number of anilines is 1. The van der Waals surface area contributed by atoms with Crippen molar-refractivity contribution >= 4 is 17.7 Å². The van der Waals surface area contributed by atoms with Crippen molar-refractivity contribution < 1.29 is 9.53 Å². The highest BCUT2D eigenvalue weighted by Crippen LogP contribution is 2.20. The van der Waals surface area contributed by atoms with E-state index in [0.29, 0.717) is 12.0 Å². The van der Waals surface area contributed by atoms with Gasteiger partial charge >= 0.3 is 6.09 Å². The zero-order valence-electron chi connectivity index (χ0n) is 18.9. The molecule has 2 heterocycles. The number of guanidine groups is 1. The highest BCUT2D eigenvalue weighted by Gasteiger charge is 2.27. The van der Waals surface area contributed by atoms with E-state index < -0.39 is 5.60 Å². The van der Waals surface area contributed by atoms with Crippen molar-refractivity contribution in [3.8, 4) is 0 Å². The molecular formula is C23H37N5O2. The molecule has 0 radical (unpaired) electrons. The van der Waals surface area contributed by atoms with Gasteiger partial charge in [0.05, 0.1) is 0 Å². The van der Waals surface area contributed by atoms with E-state index in [4.69, 9.17) is 4.74 Å². The van der Waals surface area contributed by atoms with E-state index in [9.17, 15) is 4.79 Å². The summed E-state index contributed by atoms with van der Waals surface area (Å²) in [5, 5.41) is 7.06. The number of nitrogens with one attached hydrogen (secondary N) is 2. The number of amides is 1. The number of para-hydroxylation sites is 1. The number of likely N-dealkylation sites (tertiary alicyclic amines) is 1. The predicted molar refractivity (Wildman–Crippen MR) is 122 cm³/mol. The summed E-state index contributed by atoms with van der Waals surface area (Å²) in [6, 6.07) is 11.0. The number of benzene rings is 1. The molecule has 2 fully saturated rings. The van der Waals surface area contributed by atoms with Crippen LogP contribution in [0.15, 0.2) is 35.3 Å². The number of hydrogen-bond donors (Lipinski definition) is 2. The van der Waals surface area contributed by atoms with Crippen LogP contribution in [0.1, 0.15) is 40.0 Å². The summed E-state index contributed by atoms with van der Waals surface area (Å²) in [4.78, 5) is 20.9. The van der Waals surface area contributed by atoms with Crippen molar-refractivity contribution in [2.75, 3.05) is 44.7 Å². The number of carbonyl (C=O) groups is 1. The van der Waals surface area contributed by atoms with Gasteiger partial charge in [-0.3, -0.25) is 4.99 Å². The molecule has 7 nitrogen and oxygen atoms in total. The molecule has 166 valence electrons. The SMILES string of the molecule is CN=C(NCC1CCN(C(=O)OC(C)(C)C)CC1)NC1CCN(c2ccccc2)C1. The number of piperidine rings is 1. The normalized spacial score (nSPS) is 20.9. The standard InChI is InChI=1S/C23H37N5O2/c1-23(2,3)30-22(29)27-13-10-18(11-14-27)16-25-21(24-4)26-19-12-15-28(17-19)20-8-6-5-7-9-20/h5-9,18-19H,10-17H2,1-4H3,(H2,24,25,26). The number of hydrogen-bond acceptors (Lipinski definition) is 4. The first-order valence-corrected chi connectivity index (χ1v) is 11.1. The maximum atomic E-state index is 12.2. The Morgan fingerprint density at radius 1 is 1.13 bits per heavy atom. The van der Waals surface area contributed by atoms with Crippen LogP contribution in [0.4, 0.5) is 10.5 Å². The zero-order valence-corrected chi connectivity index (χ0v) is 18.9. The average Bonchev–Trinajstić information content (AvgIpc) is 3.19. The van der Waals surface area contributed by atoms with Gasteiger partial charge in [0.15, 0.2) is 5.96 Å². The van der Waals surface area contributed by atoms with E-state index in [2.05, 4.69) is 50.9 Å². The molecule has 2 N–H and O–H groups in total. The molecule has 1 aromatic carbocycles. The van der Waals surface area contributed by atoms with Crippen LogP contribution in [0, 0.1) is 5.92 Å². The largest absolute Gasteiger partial charge is 0.444 e. The van der Waals surface area contributed by atoms with E-state index in [1.54, 1.807) is 0 Å². The Kier molecular flexibility index (Phi) is 7.45. The Balaban J connectivity index is 1.38. The van der Waals surface area contributed by atoms with Crippen molar-refractivity contribution in [1.29, 1.82) is 0 Å². The summed E-state index contributed by atoms with van der Waals surface area (Å²) < 4.78 is 5.48. The third kappa shape index (κ3) is 6.54. The van der Waals surface area contributed by atoms with Gasteiger partial charge in [-0.25, -0.2) is 4.79 Å². The van der Waals surface area contributed by atoms with Gasteiger partial charge in [0.25, 0.3) is 0 Å². The lowest BCUT2D eigenvalue weighted by atomic mass is 9.97. The van der Waals surface area contributed by atoms with E-state index in [1.165, 1.54) is 5.69 Å².